The van der Waals surface area contributed by atoms with Crippen molar-refractivity contribution in [3.8, 4) is 0 Å². The fraction of sp³-hybridized carbons (Fsp3) is 0.333. The van der Waals surface area contributed by atoms with Gasteiger partial charge in [-0.05, 0) is 42.6 Å². The first kappa shape index (κ1) is 17.1. The summed E-state index contributed by atoms with van der Waals surface area (Å²) in [4.78, 5) is -0.266. The molecule has 3 rings (SSSR count). The van der Waals surface area contributed by atoms with Crippen molar-refractivity contribution in [2.75, 3.05) is 19.6 Å². The SMILES string of the molecule is Cc1ccc(S(=O)(=O)N2C[C@@H](CN)[C@H](c3ccccc3)C2)c(F)c1. The molecule has 1 heterocycles. The van der Waals surface area contributed by atoms with Crippen LogP contribution in [0.5, 0.6) is 0 Å². The molecule has 6 heteroatoms. The Hall–Kier alpha value is -1.76. The predicted octanol–water partition coefficient (Wildman–Crippen LogP) is 2.50. The highest BCUT2D eigenvalue weighted by atomic mass is 32.2. The van der Waals surface area contributed by atoms with Crippen molar-refractivity contribution >= 4 is 10.0 Å². The van der Waals surface area contributed by atoms with Crippen LogP contribution in [-0.4, -0.2) is 32.4 Å². The van der Waals surface area contributed by atoms with Crippen molar-refractivity contribution in [1.29, 1.82) is 0 Å². The van der Waals surface area contributed by atoms with E-state index in [1.807, 2.05) is 30.3 Å². The Morgan fingerprint density at radius 3 is 2.50 bits per heavy atom. The van der Waals surface area contributed by atoms with E-state index < -0.39 is 15.8 Å². The molecule has 0 unspecified atom stereocenters. The van der Waals surface area contributed by atoms with E-state index in [1.54, 1.807) is 13.0 Å². The zero-order valence-corrected chi connectivity index (χ0v) is 14.3. The van der Waals surface area contributed by atoms with Crippen molar-refractivity contribution < 1.29 is 12.8 Å². The number of sulfonamides is 1. The molecule has 1 saturated heterocycles. The van der Waals surface area contributed by atoms with E-state index >= 15 is 0 Å². The van der Waals surface area contributed by atoms with Gasteiger partial charge in [0.15, 0.2) is 0 Å². The van der Waals surface area contributed by atoms with E-state index in [0.29, 0.717) is 25.2 Å². The Labute approximate surface area is 142 Å². The van der Waals surface area contributed by atoms with E-state index in [-0.39, 0.29) is 16.7 Å². The van der Waals surface area contributed by atoms with Gasteiger partial charge < -0.3 is 5.73 Å². The molecule has 0 amide bonds. The number of halogens is 1. The maximum absolute atomic E-state index is 14.2. The maximum atomic E-state index is 14.2. The van der Waals surface area contributed by atoms with E-state index in [1.165, 1.54) is 16.4 Å². The summed E-state index contributed by atoms with van der Waals surface area (Å²) in [6.45, 7) is 2.75. The van der Waals surface area contributed by atoms with E-state index in [9.17, 15) is 12.8 Å². The number of nitrogens with zero attached hydrogens (tertiary/aromatic N) is 1. The van der Waals surface area contributed by atoms with Crippen molar-refractivity contribution in [2.24, 2.45) is 11.7 Å². The minimum Gasteiger partial charge on any atom is -0.330 e. The van der Waals surface area contributed by atoms with Crippen LogP contribution in [0.4, 0.5) is 4.39 Å². The average molecular weight is 348 g/mol. The Morgan fingerprint density at radius 2 is 1.88 bits per heavy atom. The molecule has 2 aromatic carbocycles. The number of hydrogen-bond acceptors (Lipinski definition) is 3. The van der Waals surface area contributed by atoms with Crippen LogP contribution >= 0.6 is 0 Å². The Morgan fingerprint density at radius 1 is 1.17 bits per heavy atom. The van der Waals surface area contributed by atoms with Gasteiger partial charge in [-0.15, -0.1) is 0 Å². The van der Waals surface area contributed by atoms with Crippen LogP contribution in [0.25, 0.3) is 0 Å². The molecule has 2 N–H and O–H groups in total. The largest absolute Gasteiger partial charge is 0.330 e. The second-order valence-corrected chi connectivity index (χ2v) is 8.18. The summed E-state index contributed by atoms with van der Waals surface area (Å²) in [5, 5.41) is 0. The van der Waals surface area contributed by atoms with Gasteiger partial charge in [0.05, 0.1) is 0 Å². The molecule has 2 atom stereocenters. The molecule has 0 spiro atoms. The van der Waals surface area contributed by atoms with Gasteiger partial charge in [0.2, 0.25) is 10.0 Å². The van der Waals surface area contributed by atoms with Crippen LogP contribution < -0.4 is 5.73 Å². The molecule has 0 radical (unpaired) electrons. The third kappa shape index (κ3) is 3.09. The lowest BCUT2D eigenvalue weighted by Gasteiger charge is -2.17. The summed E-state index contributed by atoms with van der Waals surface area (Å²) in [7, 11) is -3.87. The average Bonchev–Trinajstić information content (AvgIpc) is 3.00. The van der Waals surface area contributed by atoms with Crippen LogP contribution in [0.2, 0.25) is 0 Å². The van der Waals surface area contributed by atoms with Gasteiger partial charge in [0.1, 0.15) is 10.7 Å². The Kier molecular flexibility index (Phi) is 4.71. The molecule has 24 heavy (non-hydrogen) atoms. The summed E-state index contributed by atoms with van der Waals surface area (Å²) in [5.74, 6) is -0.655. The minimum atomic E-state index is -3.87. The van der Waals surface area contributed by atoms with Crippen LogP contribution in [-0.2, 0) is 10.0 Å². The second kappa shape index (κ2) is 6.63. The van der Waals surface area contributed by atoms with Crippen LogP contribution in [0.1, 0.15) is 17.0 Å². The third-order valence-electron chi connectivity index (χ3n) is 4.64. The number of hydrogen-bond donors (Lipinski definition) is 1. The molecule has 128 valence electrons. The lowest BCUT2D eigenvalue weighted by molar-refractivity contribution is 0.453. The molecule has 0 bridgehead atoms. The van der Waals surface area contributed by atoms with Gasteiger partial charge in [0.25, 0.3) is 0 Å². The zero-order valence-electron chi connectivity index (χ0n) is 13.5. The lowest BCUT2D eigenvalue weighted by atomic mass is 9.89. The summed E-state index contributed by atoms with van der Waals surface area (Å²) >= 11 is 0. The standard InChI is InChI=1S/C18H21FN2O2S/c1-13-7-8-18(17(19)9-13)24(22,23)21-11-15(10-20)16(12-21)14-5-3-2-4-6-14/h2-9,15-16H,10-12,20H2,1H3/t15-,16+/m1/s1. The normalized spacial score (nSPS) is 22.0. The van der Waals surface area contributed by atoms with E-state index in [0.717, 1.165) is 5.56 Å². The van der Waals surface area contributed by atoms with Crippen molar-refractivity contribution in [1.82, 2.24) is 4.31 Å². The molecule has 2 aromatic rings. The summed E-state index contributed by atoms with van der Waals surface area (Å²) < 4.78 is 41.2. The molecule has 4 nitrogen and oxygen atoms in total. The summed E-state index contributed by atoms with van der Waals surface area (Å²) in [6.07, 6.45) is 0. The summed E-state index contributed by atoms with van der Waals surface area (Å²) in [5.41, 5.74) is 7.61. The second-order valence-electron chi connectivity index (χ2n) is 6.27. The number of benzene rings is 2. The minimum absolute atomic E-state index is 0.0238. The molecular weight excluding hydrogens is 327 g/mol. The number of rotatable bonds is 4. The first-order valence-corrected chi connectivity index (χ1v) is 9.39. The van der Waals surface area contributed by atoms with Crippen LogP contribution in [0.3, 0.4) is 0 Å². The van der Waals surface area contributed by atoms with Gasteiger partial charge in [0, 0.05) is 19.0 Å². The topological polar surface area (TPSA) is 63.4 Å². The van der Waals surface area contributed by atoms with Crippen LogP contribution in [0, 0.1) is 18.7 Å². The summed E-state index contributed by atoms with van der Waals surface area (Å²) in [6, 6.07) is 13.9. The molecule has 1 aliphatic rings. The molecule has 0 aliphatic carbocycles. The van der Waals surface area contributed by atoms with Gasteiger partial charge in [-0.3, -0.25) is 0 Å². The highest BCUT2D eigenvalue weighted by Gasteiger charge is 2.40. The fourth-order valence-electron chi connectivity index (χ4n) is 3.30. The molecule has 1 aliphatic heterocycles. The van der Waals surface area contributed by atoms with Gasteiger partial charge in [-0.2, -0.15) is 4.31 Å². The first-order valence-electron chi connectivity index (χ1n) is 7.95. The smallest absolute Gasteiger partial charge is 0.246 e. The van der Waals surface area contributed by atoms with E-state index in [4.69, 9.17) is 5.73 Å². The van der Waals surface area contributed by atoms with E-state index in [2.05, 4.69) is 0 Å². The van der Waals surface area contributed by atoms with Crippen molar-refractivity contribution in [3.63, 3.8) is 0 Å². The molecule has 1 fully saturated rings. The molecule has 0 aromatic heterocycles. The predicted molar refractivity (Wildman–Crippen MR) is 91.6 cm³/mol. The van der Waals surface area contributed by atoms with Gasteiger partial charge >= 0.3 is 0 Å². The van der Waals surface area contributed by atoms with Gasteiger partial charge in [-0.1, -0.05) is 36.4 Å². The van der Waals surface area contributed by atoms with Crippen LogP contribution in [0.15, 0.2) is 53.4 Å². The Balaban J connectivity index is 1.92. The van der Waals surface area contributed by atoms with Gasteiger partial charge in [-0.25, -0.2) is 12.8 Å². The third-order valence-corrected chi connectivity index (χ3v) is 6.51. The molecular formula is C18H21FN2O2S. The number of aryl methyl sites for hydroxylation is 1. The lowest BCUT2D eigenvalue weighted by Crippen LogP contribution is -2.30. The van der Waals surface area contributed by atoms with Crippen molar-refractivity contribution in [3.05, 3.63) is 65.5 Å². The van der Waals surface area contributed by atoms with Crippen molar-refractivity contribution in [2.45, 2.75) is 17.7 Å². The number of nitrogens with two attached hydrogens (primary N) is 1. The highest BCUT2D eigenvalue weighted by Crippen LogP contribution is 2.35. The fourth-order valence-corrected chi connectivity index (χ4v) is 4.87. The first-order chi connectivity index (χ1) is 11.4. The Bertz CT molecular complexity index is 824. The maximum Gasteiger partial charge on any atom is 0.246 e. The highest BCUT2D eigenvalue weighted by molar-refractivity contribution is 7.89. The quantitative estimate of drug-likeness (QED) is 0.923. The zero-order chi connectivity index (χ0) is 17.3. The molecule has 0 saturated carbocycles. The monoisotopic (exact) mass is 348 g/mol.